The number of hydrogen-bond acceptors (Lipinski definition) is 9. The summed E-state index contributed by atoms with van der Waals surface area (Å²) in [4.78, 5) is 26.4. The molecule has 9 heteroatoms. The highest BCUT2D eigenvalue weighted by atomic mass is 32.1. The molecule has 0 saturated carbocycles. The van der Waals surface area contributed by atoms with Gasteiger partial charge in [-0.05, 0) is 26.1 Å². The third kappa shape index (κ3) is 4.33. The average Bonchev–Trinajstić information content (AvgIpc) is 2.87. The lowest BCUT2D eigenvalue weighted by atomic mass is 10.0. The zero-order valence-electron chi connectivity index (χ0n) is 13.3. The Balaban J connectivity index is 2.19. The van der Waals surface area contributed by atoms with Gasteiger partial charge in [-0.1, -0.05) is 0 Å². The van der Waals surface area contributed by atoms with Crippen LogP contribution in [0.25, 0.3) is 0 Å². The van der Waals surface area contributed by atoms with Crippen LogP contribution in [0.1, 0.15) is 27.7 Å². The van der Waals surface area contributed by atoms with Gasteiger partial charge in [0.1, 0.15) is 18.8 Å². The fourth-order valence-electron chi connectivity index (χ4n) is 2.62. The van der Waals surface area contributed by atoms with Gasteiger partial charge in [-0.3, -0.25) is 9.59 Å². The second-order valence-electron chi connectivity index (χ2n) is 5.73. The molecule has 5 atom stereocenters. The molecule has 2 aliphatic heterocycles. The molecule has 0 aromatic carbocycles. The van der Waals surface area contributed by atoms with E-state index < -0.39 is 48.4 Å². The van der Waals surface area contributed by atoms with Gasteiger partial charge in [0.15, 0.2) is 24.3 Å². The van der Waals surface area contributed by atoms with E-state index in [1.165, 1.54) is 13.8 Å². The Bertz CT molecular complexity index is 531. The number of isothiocyanates is 1. The van der Waals surface area contributed by atoms with Crippen molar-refractivity contribution in [2.24, 2.45) is 4.99 Å². The number of carbonyl (C=O) groups is 2. The first-order valence-electron chi connectivity index (χ1n) is 7.12. The van der Waals surface area contributed by atoms with E-state index in [1.54, 1.807) is 13.8 Å². The molecule has 0 unspecified atom stereocenters. The molecule has 0 amide bonds. The summed E-state index contributed by atoms with van der Waals surface area (Å²) < 4.78 is 27.5. The average molecular weight is 345 g/mol. The van der Waals surface area contributed by atoms with Gasteiger partial charge < -0.3 is 23.7 Å². The van der Waals surface area contributed by atoms with Crippen molar-refractivity contribution in [2.75, 3.05) is 6.61 Å². The van der Waals surface area contributed by atoms with E-state index in [2.05, 4.69) is 22.4 Å². The summed E-state index contributed by atoms with van der Waals surface area (Å²) in [7, 11) is 0. The highest BCUT2D eigenvalue weighted by molar-refractivity contribution is 7.78. The maximum Gasteiger partial charge on any atom is 0.303 e. The summed E-state index contributed by atoms with van der Waals surface area (Å²) in [5.74, 6) is -1.81. The normalized spacial score (nSPS) is 32.5. The van der Waals surface area contributed by atoms with Crippen LogP contribution in [-0.2, 0) is 33.3 Å². The Labute approximate surface area is 139 Å². The van der Waals surface area contributed by atoms with Gasteiger partial charge in [-0.15, -0.1) is 0 Å². The second-order valence-corrected chi connectivity index (χ2v) is 5.92. The Morgan fingerprint density at radius 1 is 1.30 bits per heavy atom. The van der Waals surface area contributed by atoms with Crippen LogP contribution < -0.4 is 0 Å². The molecular weight excluding hydrogens is 326 g/mol. The van der Waals surface area contributed by atoms with Gasteiger partial charge >= 0.3 is 11.9 Å². The van der Waals surface area contributed by atoms with E-state index in [1.807, 2.05) is 0 Å². The van der Waals surface area contributed by atoms with Crippen LogP contribution in [0, 0.1) is 0 Å². The minimum absolute atomic E-state index is 0.0791. The lowest BCUT2D eigenvalue weighted by Gasteiger charge is -2.28. The minimum atomic E-state index is -0.850. The maximum atomic E-state index is 11.4. The van der Waals surface area contributed by atoms with Crippen LogP contribution in [0.4, 0.5) is 0 Å². The van der Waals surface area contributed by atoms with E-state index >= 15 is 0 Å². The topological polar surface area (TPSA) is 92.7 Å². The maximum absolute atomic E-state index is 11.4. The lowest BCUT2D eigenvalue weighted by molar-refractivity contribution is -0.221. The summed E-state index contributed by atoms with van der Waals surface area (Å²) >= 11 is 4.62. The SMILES string of the molecule is CC(=O)OC[C@H](N=C=S)[C@H]1O[C@@H]2OC(C)(C)O[C@@H]2[C@H]1OC(C)=O. The van der Waals surface area contributed by atoms with Crippen LogP contribution in [0.5, 0.6) is 0 Å². The summed E-state index contributed by atoms with van der Waals surface area (Å²) in [6.07, 6.45) is -2.79. The molecule has 2 aliphatic rings. The highest BCUT2D eigenvalue weighted by Gasteiger charge is 2.58. The molecule has 0 N–H and O–H groups in total. The Morgan fingerprint density at radius 2 is 2.00 bits per heavy atom. The number of carbonyl (C=O) groups excluding carboxylic acids is 2. The molecule has 0 radical (unpaired) electrons. The summed E-state index contributed by atoms with van der Waals surface area (Å²) in [6.45, 7) is 5.96. The Morgan fingerprint density at radius 3 is 2.57 bits per heavy atom. The van der Waals surface area contributed by atoms with Crippen molar-refractivity contribution < 1.29 is 33.3 Å². The Hall–Kier alpha value is -1.38. The number of rotatable bonds is 5. The van der Waals surface area contributed by atoms with Crippen molar-refractivity contribution in [3.05, 3.63) is 0 Å². The van der Waals surface area contributed by atoms with Crippen molar-refractivity contribution in [1.29, 1.82) is 0 Å². The van der Waals surface area contributed by atoms with Crippen molar-refractivity contribution in [3.8, 4) is 0 Å². The monoisotopic (exact) mass is 345 g/mol. The zero-order valence-corrected chi connectivity index (χ0v) is 14.1. The van der Waals surface area contributed by atoms with Gasteiger partial charge in [-0.2, -0.15) is 0 Å². The zero-order chi connectivity index (χ0) is 17.2. The molecule has 2 saturated heterocycles. The molecule has 0 aromatic rings. The number of nitrogens with zero attached hydrogens (tertiary/aromatic N) is 1. The quantitative estimate of drug-likeness (QED) is 0.411. The van der Waals surface area contributed by atoms with E-state index in [4.69, 9.17) is 23.7 Å². The predicted molar refractivity (Wildman–Crippen MR) is 79.7 cm³/mol. The number of hydrogen-bond donors (Lipinski definition) is 0. The number of fused-ring (bicyclic) bond motifs is 1. The minimum Gasteiger partial charge on any atom is -0.463 e. The Kier molecular flexibility index (Phi) is 5.49. The van der Waals surface area contributed by atoms with Crippen molar-refractivity contribution in [1.82, 2.24) is 0 Å². The molecule has 23 heavy (non-hydrogen) atoms. The first kappa shape index (κ1) is 18.0. The smallest absolute Gasteiger partial charge is 0.303 e. The summed E-state index contributed by atoms with van der Waals surface area (Å²) in [6, 6.07) is -0.679. The molecule has 2 fully saturated rings. The second kappa shape index (κ2) is 7.02. The van der Waals surface area contributed by atoms with E-state index in [-0.39, 0.29) is 6.61 Å². The van der Waals surface area contributed by atoms with Crippen LogP contribution in [0.2, 0.25) is 0 Å². The molecule has 0 bridgehead atoms. The lowest BCUT2D eigenvalue weighted by Crippen LogP contribution is -2.44. The molecule has 0 aliphatic carbocycles. The van der Waals surface area contributed by atoms with Crippen LogP contribution in [-0.4, -0.2) is 60.1 Å². The third-order valence-corrected chi connectivity index (χ3v) is 3.49. The van der Waals surface area contributed by atoms with Gasteiger partial charge in [0, 0.05) is 13.8 Å². The first-order valence-corrected chi connectivity index (χ1v) is 7.53. The van der Waals surface area contributed by atoms with E-state index in [0.29, 0.717) is 0 Å². The van der Waals surface area contributed by atoms with Gasteiger partial charge in [0.25, 0.3) is 0 Å². The number of ether oxygens (including phenoxy) is 5. The molecule has 128 valence electrons. The third-order valence-electron chi connectivity index (χ3n) is 3.38. The van der Waals surface area contributed by atoms with Crippen LogP contribution in [0.3, 0.4) is 0 Å². The predicted octanol–water partition coefficient (Wildman–Crippen LogP) is 0.829. The summed E-state index contributed by atoms with van der Waals surface area (Å²) in [5.41, 5.74) is 0. The molecule has 0 aromatic heterocycles. The van der Waals surface area contributed by atoms with Crippen molar-refractivity contribution >= 4 is 29.3 Å². The van der Waals surface area contributed by atoms with Crippen molar-refractivity contribution in [2.45, 2.75) is 64.1 Å². The summed E-state index contributed by atoms with van der Waals surface area (Å²) in [5, 5.41) is 2.24. The van der Waals surface area contributed by atoms with Gasteiger partial charge in [0.2, 0.25) is 0 Å². The fraction of sp³-hybridized carbons (Fsp3) is 0.786. The highest BCUT2D eigenvalue weighted by Crippen LogP contribution is 2.40. The molecule has 0 spiro atoms. The number of thiocarbonyl (C=S) groups is 1. The molecule has 2 heterocycles. The van der Waals surface area contributed by atoms with Crippen LogP contribution >= 0.6 is 12.2 Å². The van der Waals surface area contributed by atoms with Gasteiger partial charge in [-0.25, -0.2) is 4.99 Å². The fourth-order valence-corrected chi connectivity index (χ4v) is 2.75. The van der Waals surface area contributed by atoms with Crippen LogP contribution in [0.15, 0.2) is 4.99 Å². The molecular formula is C14H19NO7S. The number of aliphatic imine (C=N–C) groups is 1. The standard InChI is InChI=1S/C14H19NO7S/c1-7(16)18-5-9(15-6-23)10-11(19-8(2)17)12-13(20-10)22-14(3,4)21-12/h9-13H,5H2,1-4H3/t9-,10+,11-,12+,13+/m0/s1. The largest absolute Gasteiger partial charge is 0.463 e. The van der Waals surface area contributed by atoms with E-state index in [9.17, 15) is 9.59 Å². The number of esters is 2. The first-order chi connectivity index (χ1) is 10.7. The molecule has 2 rings (SSSR count). The molecule has 8 nitrogen and oxygen atoms in total. The van der Waals surface area contributed by atoms with E-state index in [0.717, 1.165) is 0 Å². The van der Waals surface area contributed by atoms with Gasteiger partial charge in [0.05, 0.1) is 5.16 Å². The van der Waals surface area contributed by atoms with Crippen molar-refractivity contribution in [3.63, 3.8) is 0 Å².